The summed E-state index contributed by atoms with van der Waals surface area (Å²) in [6, 6.07) is 13.0. The van der Waals surface area contributed by atoms with Gasteiger partial charge in [-0.3, -0.25) is 9.59 Å². The Balaban J connectivity index is 1.75. The van der Waals surface area contributed by atoms with E-state index >= 15 is 0 Å². The van der Waals surface area contributed by atoms with Crippen LogP contribution in [0.25, 0.3) is 0 Å². The van der Waals surface area contributed by atoms with Crippen molar-refractivity contribution in [2.45, 2.75) is 6.54 Å². The van der Waals surface area contributed by atoms with Gasteiger partial charge in [0, 0.05) is 17.8 Å². The minimum Gasteiger partial charge on any atom is -0.496 e. The summed E-state index contributed by atoms with van der Waals surface area (Å²) in [6.07, 6.45) is 0. The number of para-hydroxylation sites is 1. The molecule has 0 radical (unpaired) electrons. The van der Waals surface area contributed by atoms with Gasteiger partial charge in [-0.1, -0.05) is 18.2 Å². The number of rotatable bonds is 8. The summed E-state index contributed by atoms with van der Waals surface area (Å²) in [5, 5.41) is 5.49. The van der Waals surface area contributed by atoms with Crippen molar-refractivity contribution in [1.29, 1.82) is 0 Å². The highest BCUT2D eigenvalue weighted by Crippen LogP contribution is 2.16. The first kappa shape index (κ1) is 19.4. The number of anilines is 1. The molecule has 0 aliphatic rings. The maximum atomic E-state index is 12.9. The first-order valence-electron chi connectivity index (χ1n) is 8.23. The van der Waals surface area contributed by atoms with Crippen LogP contribution in [-0.4, -0.2) is 39.1 Å². The summed E-state index contributed by atoms with van der Waals surface area (Å²) in [4.78, 5) is 24.8. The van der Waals surface area contributed by atoms with E-state index in [4.69, 9.17) is 4.74 Å². The van der Waals surface area contributed by atoms with Gasteiger partial charge in [0.15, 0.2) is 13.1 Å². The number of benzene rings is 2. The van der Waals surface area contributed by atoms with Crippen LogP contribution in [0.15, 0.2) is 48.5 Å². The van der Waals surface area contributed by atoms with E-state index < -0.39 is 0 Å². The summed E-state index contributed by atoms with van der Waals surface area (Å²) in [7, 11) is 3.34. The number of amides is 2. The molecule has 0 bridgehead atoms. The smallest absolute Gasteiger partial charge is 0.279 e. The summed E-state index contributed by atoms with van der Waals surface area (Å²) in [5.74, 6) is -0.0562. The largest absolute Gasteiger partial charge is 0.496 e. The normalized spacial score (nSPS) is 11.5. The molecule has 2 aromatic rings. The lowest BCUT2D eigenvalue weighted by Gasteiger charge is -2.14. The van der Waals surface area contributed by atoms with Crippen LogP contribution in [0.1, 0.15) is 5.56 Å². The molecular formula is C19H23FN3O3+. The molecule has 2 amide bonds. The number of carbonyl (C=O) groups is 2. The molecule has 0 fully saturated rings. The van der Waals surface area contributed by atoms with Gasteiger partial charge >= 0.3 is 0 Å². The third-order valence-corrected chi connectivity index (χ3v) is 3.72. The molecule has 6 nitrogen and oxygen atoms in total. The van der Waals surface area contributed by atoms with Crippen LogP contribution in [0.5, 0.6) is 5.75 Å². The topological polar surface area (TPSA) is 71.9 Å². The Bertz CT molecular complexity index is 750. The monoisotopic (exact) mass is 360 g/mol. The quantitative estimate of drug-likeness (QED) is 0.646. The third kappa shape index (κ3) is 6.18. The van der Waals surface area contributed by atoms with Gasteiger partial charge < -0.3 is 20.3 Å². The number of likely N-dealkylation sites (N-methyl/N-ethyl adjacent to an activating group) is 1. The molecule has 138 valence electrons. The van der Waals surface area contributed by atoms with Crippen molar-refractivity contribution in [2.75, 3.05) is 32.6 Å². The first-order valence-corrected chi connectivity index (χ1v) is 8.23. The van der Waals surface area contributed by atoms with Gasteiger partial charge in [0.2, 0.25) is 0 Å². The Morgan fingerprint density at radius 1 is 1.04 bits per heavy atom. The molecule has 0 spiro atoms. The van der Waals surface area contributed by atoms with E-state index in [-0.39, 0.29) is 30.7 Å². The zero-order chi connectivity index (χ0) is 18.9. The van der Waals surface area contributed by atoms with E-state index in [2.05, 4.69) is 10.6 Å². The van der Waals surface area contributed by atoms with Gasteiger partial charge in [0.25, 0.3) is 11.8 Å². The summed E-state index contributed by atoms with van der Waals surface area (Å²) >= 11 is 0. The number of halogens is 1. The first-order chi connectivity index (χ1) is 12.5. The molecule has 0 aliphatic carbocycles. The van der Waals surface area contributed by atoms with E-state index in [0.717, 1.165) is 10.5 Å². The summed E-state index contributed by atoms with van der Waals surface area (Å²) < 4.78 is 18.1. The van der Waals surface area contributed by atoms with Crippen LogP contribution in [-0.2, 0) is 16.1 Å². The summed E-state index contributed by atoms with van der Waals surface area (Å²) in [6.45, 7) is 0.642. The molecule has 0 aliphatic heterocycles. The van der Waals surface area contributed by atoms with Crippen molar-refractivity contribution < 1.29 is 23.6 Å². The number of quaternary nitrogens is 1. The Morgan fingerprint density at radius 3 is 2.38 bits per heavy atom. The second-order valence-corrected chi connectivity index (χ2v) is 5.95. The van der Waals surface area contributed by atoms with Crippen molar-refractivity contribution in [3.63, 3.8) is 0 Å². The Labute approximate surface area is 152 Å². The highest BCUT2D eigenvalue weighted by Gasteiger charge is 2.14. The average molecular weight is 360 g/mol. The molecular weight excluding hydrogens is 337 g/mol. The molecule has 7 heteroatoms. The zero-order valence-electron chi connectivity index (χ0n) is 14.8. The van der Waals surface area contributed by atoms with Gasteiger partial charge in [-0.25, -0.2) is 4.39 Å². The van der Waals surface area contributed by atoms with Crippen molar-refractivity contribution in [1.82, 2.24) is 5.32 Å². The highest BCUT2D eigenvalue weighted by atomic mass is 19.1. The average Bonchev–Trinajstić information content (AvgIpc) is 2.62. The van der Waals surface area contributed by atoms with Crippen LogP contribution in [0.3, 0.4) is 0 Å². The molecule has 3 N–H and O–H groups in total. The van der Waals surface area contributed by atoms with Crippen LogP contribution in [0.4, 0.5) is 10.1 Å². The Morgan fingerprint density at radius 2 is 1.69 bits per heavy atom. The molecule has 1 atom stereocenters. The number of hydrogen-bond acceptors (Lipinski definition) is 3. The number of methoxy groups -OCH3 is 1. The number of nitrogens with one attached hydrogen (secondary N) is 3. The van der Waals surface area contributed by atoms with Gasteiger partial charge in [-0.15, -0.1) is 0 Å². The van der Waals surface area contributed by atoms with Crippen LogP contribution < -0.4 is 20.3 Å². The van der Waals surface area contributed by atoms with E-state index in [0.29, 0.717) is 18.0 Å². The van der Waals surface area contributed by atoms with Crippen molar-refractivity contribution in [2.24, 2.45) is 0 Å². The van der Waals surface area contributed by atoms with E-state index in [1.54, 1.807) is 14.2 Å². The minimum absolute atomic E-state index is 0.124. The van der Waals surface area contributed by atoms with Gasteiger partial charge in [-0.05, 0) is 30.3 Å². The number of hydrogen-bond donors (Lipinski definition) is 3. The van der Waals surface area contributed by atoms with E-state index in [1.165, 1.54) is 24.3 Å². The number of ether oxygens (including phenoxy) is 1. The molecule has 0 aromatic heterocycles. The molecule has 0 heterocycles. The van der Waals surface area contributed by atoms with Crippen molar-refractivity contribution in [3.8, 4) is 5.75 Å². The van der Waals surface area contributed by atoms with Crippen LogP contribution >= 0.6 is 0 Å². The summed E-state index contributed by atoms with van der Waals surface area (Å²) in [5.41, 5.74) is 1.40. The van der Waals surface area contributed by atoms with E-state index in [1.807, 2.05) is 24.3 Å². The standard InChI is InChI=1S/C19H22FN3O3/c1-23(13-19(25)22-16-9-7-15(20)8-10-16)12-18(24)21-11-14-5-3-4-6-17(14)26-2/h3-10H,11-13H2,1-2H3,(H,21,24)(H,22,25)/p+1. The van der Waals surface area contributed by atoms with Gasteiger partial charge in [0.1, 0.15) is 11.6 Å². The second-order valence-electron chi connectivity index (χ2n) is 5.95. The fraction of sp³-hybridized carbons (Fsp3) is 0.263. The maximum Gasteiger partial charge on any atom is 0.279 e. The Kier molecular flexibility index (Phi) is 7.11. The predicted molar refractivity (Wildman–Crippen MR) is 96.5 cm³/mol. The fourth-order valence-electron chi connectivity index (χ4n) is 2.45. The second kappa shape index (κ2) is 9.53. The van der Waals surface area contributed by atoms with E-state index in [9.17, 15) is 14.0 Å². The van der Waals surface area contributed by atoms with Crippen molar-refractivity contribution in [3.05, 3.63) is 59.9 Å². The fourth-order valence-corrected chi connectivity index (χ4v) is 2.45. The zero-order valence-corrected chi connectivity index (χ0v) is 14.8. The van der Waals surface area contributed by atoms with Crippen molar-refractivity contribution >= 4 is 17.5 Å². The number of carbonyl (C=O) groups excluding carboxylic acids is 2. The molecule has 0 saturated carbocycles. The van der Waals surface area contributed by atoms with Gasteiger partial charge in [-0.2, -0.15) is 0 Å². The molecule has 0 saturated heterocycles. The van der Waals surface area contributed by atoms with Crippen LogP contribution in [0, 0.1) is 5.82 Å². The lowest BCUT2D eigenvalue weighted by Crippen LogP contribution is -3.11. The molecule has 26 heavy (non-hydrogen) atoms. The maximum absolute atomic E-state index is 12.9. The third-order valence-electron chi connectivity index (χ3n) is 3.72. The lowest BCUT2D eigenvalue weighted by molar-refractivity contribution is -0.862. The lowest BCUT2D eigenvalue weighted by atomic mass is 10.2. The minimum atomic E-state index is -0.363. The molecule has 1 unspecified atom stereocenters. The highest BCUT2D eigenvalue weighted by molar-refractivity contribution is 5.91. The Hall–Kier alpha value is -2.93. The molecule has 2 rings (SSSR count). The van der Waals surface area contributed by atoms with Gasteiger partial charge in [0.05, 0.1) is 14.2 Å². The SMILES string of the molecule is COc1ccccc1CNC(=O)C[NH+](C)CC(=O)Nc1ccc(F)cc1. The molecule has 2 aromatic carbocycles. The van der Waals surface area contributed by atoms with Crippen LogP contribution in [0.2, 0.25) is 0 Å². The predicted octanol–water partition coefficient (Wildman–Crippen LogP) is 0.604.